The first-order chi connectivity index (χ1) is 34.5. The number of aliphatic carboxylic acids is 1. The van der Waals surface area contributed by atoms with Gasteiger partial charge in [-0.05, 0) is 91.3 Å². The number of fused-ring (bicyclic) bond motifs is 7. The van der Waals surface area contributed by atoms with Crippen molar-refractivity contribution in [3.63, 3.8) is 0 Å². The fraction of sp³-hybridized carbons (Fsp3) is 0.925. The van der Waals surface area contributed by atoms with E-state index in [1.165, 1.54) is 0 Å². The fourth-order valence-electron chi connectivity index (χ4n) is 16.4. The predicted molar refractivity (Wildman–Crippen MR) is 257 cm³/mol. The molecule has 3 aliphatic heterocycles. The highest BCUT2D eigenvalue weighted by atomic mass is 16.7. The van der Waals surface area contributed by atoms with Crippen LogP contribution >= 0.6 is 0 Å². The van der Waals surface area contributed by atoms with Gasteiger partial charge in [0.15, 0.2) is 18.7 Å². The van der Waals surface area contributed by atoms with Gasteiger partial charge in [-0.1, -0.05) is 74.0 Å². The van der Waals surface area contributed by atoms with E-state index in [4.69, 9.17) is 28.4 Å². The van der Waals surface area contributed by atoms with Crippen molar-refractivity contribution in [3.8, 4) is 0 Å². The Morgan fingerprint density at radius 2 is 1.39 bits per heavy atom. The maximum Gasteiger partial charge on any atom is 0.335 e. The zero-order valence-electron chi connectivity index (χ0n) is 44.2. The lowest BCUT2D eigenvalue weighted by Gasteiger charge is -2.73. The number of esters is 1. The Labute approximate surface area is 432 Å². The Kier molecular flexibility index (Phi) is 16.2. The maximum absolute atomic E-state index is 13.2. The van der Waals surface area contributed by atoms with Gasteiger partial charge in [0, 0.05) is 10.8 Å². The molecule has 7 fully saturated rings. The molecular weight excluding hydrogens is 973 g/mol. The first-order valence-corrected chi connectivity index (χ1v) is 26.9. The molecule has 0 aromatic carbocycles. The zero-order valence-corrected chi connectivity index (χ0v) is 44.2. The Bertz CT molecular complexity index is 2070. The smallest absolute Gasteiger partial charge is 0.335 e. The highest BCUT2D eigenvalue weighted by molar-refractivity contribution is 5.73. The second kappa shape index (κ2) is 20.6. The van der Waals surface area contributed by atoms with E-state index in [1.54, 1.807) is 6.92 Å². The van der Waals surface area contributed by atoms with Crippen molar-refractivity contribution in [2.24, 2.45) is 62.1 Å². The Hall–Kier alpha value is -2.00. The lowest BCUT2D eigenvalue weighted by molar-refractivity contribution is -0.363. The minimum atomic E-state index is -2.03. The zero-order chi connectivity index (χ0) is 54.7. The van der Waals surface area contributed by atoms with Crippen molar-refractivity contribution >= 4 is 11.9 Å². The maximum atomic E-state index is 13.2. The first-order valence-electron chi connectivity index (χ1n) is 26.9. The molecule has 13 N–H and O–H groups in total. The molecular formula is C53H86O21. The normalized spacial score (nSPS) is 52.3. The molecule has 8 aliphatic rings. The van der Waals surface area contributed by atoms with E-state index < -0.39 is 181 Å². The van der Waals surface area contributed by atoms with Crippen molar-refractivity contribution in [1.29, 1.82) is 0 Å². The highest BCUT2D eigenvalue weighted by Gasteiger charge is 2.75. The lowest BCUT2D eigenvalue weighted by atomic mass is 9.32. The average Bonchev–Trinajstić information content (AvgIpc) is 3.34. The number of hydrogen-bond donors (Lipinski definition) is 13. The molecule has 0 bridgehead atoms. The number of rotatable bonds is 12. The van der Waals surface area contributed by atoms with Crippen LogP contribution in [-0.2, 0) is 38.0 Å². The quantitative estimate of drug-likeness (QED) is 0.0865. The van der Waals surface area contributed by atoms with Crippen LogP contribution in [0.25, 0.3) is 0 Å². The highest BCUT2D eigenvalue weighted by Crippen LogP contribution is 2.76. The number of hydrogen-bond acceptors (Lipinski definition) is 20. The summed E-state index contributed by atoms with van der Waals surface area (Å²) < 4.78 is 36.0. The molecule has 4 saturated carbocycles. The summed E-state index contributed by atoms with van der Waals surface area (Å²) in [5, 5.41) is 145. The monoisotopic (exact) mass is 1060 g/mol. The Balaban J connectivity index is 1.11. The number of aliphatic hydroxyl groups excluding tert-OH is 12. The van der Waals surface area contributed by atoms with Crippen LogP contribution in [0.3, 0.4) is 0 Å². The van der Waals surface area contributed by atoms with E-state index in [0.717, 1.165) is 5.57 Å². The summed E-state index contributed by atoms with van der Waals surface area (Å²) in [5.74, 6) is -3.35. The number of carboxylic acid groups (broad SMARTS) is 1. The van der Waals surface area contributed by atoms with Gasteiger partial charge in [-0.3, -0.25) is 4.79 Å². The molecule has 21 nitrogen and oxygen atoms in total. The third-order valence-electron chi connectivity index (χ3n) is 21.3. The van der Waals surface area contributed by atoms with Crippen LogP contribution in [0.4, 0.5) is 0 Å². The average molecular weight is 1060 g/mol. The van der Waals surface area contributed by atoms with Crippen LogP contribution in [-0.4, -0.2) is 208 Å². The van der Waals surface area contributed by atoms with E-state index in [-0.39, 0.29) is 29.6 Å². The number of carbonyl (C=O) groups is 2. The molecule has 424 valence electrons. The van der Waals surface area contributed by atoms with Gasteiger partial charge < -0.3 is 94.8 Å². The minimum Gasteiger partial charge on any atom is -0.479 e. The van der Waals surface area contributed by atoms with Crippen LogP contribution < -0.4 is 0 Å². The van der Waals surface area contributed by atoms with E-state index in [9.17, 15) is 76.0 Å². The van der Waals surface area contributed by atoms with E-state index >= 15 is 0 Å². The molecule has 27 unspecified atom stereocenters. The van der Waals surface area contributed by atoms with E-state index in [0.29, 0.717) is 44.9 Å². The lowest BCUT2D eigenvalue weighted by Crippen LogP contribution is -2.76. The van der Waals surface area contributed by atoms with Crippen LogP contribution in [0.1, 0.15) is 114 Å². The van der Waals surface area contributed by atoms with Gasteiger partial charge in [0.05, 0.1) is 49.5 Å². The van der Waals surface area contributed by atoms with Crippen molar-refractivity contribution in [1.82, 2.24) is 0 Å². The van der Waals surface area contributed by atoms with Crippen LogP contribution in [0, 0.1) is 62.1 Å². The Morgan fingerprint density at radius 3 is 2.01 bits per heavy atom. The van der Waals surface area contributed by atoms with Gasteiger partial charge in [-0.15, -0.1) is 0 Å². The molecule has 3 heterocycles. The van der Waals surface area contributed by atoms with Crippen molar-refractivity contribution < 1.29 is 104 Å². The molecule has 0 aromatic rings. The van der Waals surface area contributed by atoms with Gasteiger partial charge in [-0.25, -0.2) is 4.79 Å². The second-order valence-corrected chi connectivity index (χ2v) is 25.5. The molecule has 27 atom stereocenters. The molecule has 0 amide bonds. The summed E-state index contributed by atoms with van der Waals surface area (Å²) in [6.45, 7) is 16.3. The Morgan fingerprint density at radius 1 is 0.743 bits per heavy atom. The summed E-state index contributed by atoms with van der Waals surface area (Å²) >= 11 is 0. The van der Waals surface area contributed by atoms with Crippen LogP contribution in [0.5, 0.6) is 0 Å². The molecule has 0 spiro atoms. The molecule has 5 aliphatic carbocycles. The van der Waals surface area contributed by atoms with E-state index in [1.807, 2.05) is 27.7 Å². The number of carbonyl (C=O) groups excluding carboxylic acids is 1. The molecule has 0 radical (unpaired) electrons. The molecule has 74 heavy (non-hydrogen) atoms. The topological polar surface area (TPSA) is 353 Å². The molecule has 21 heteroatoms. The van der Waals surface area contributed by atoms with Gasteiger partial charge >= 0.3 is 11.9 Å². The van der Waals surface area contributed by atoms with Gasteiger partial charge in [0.25, 0.3) is 0 Å². The summed E-state index contributed by atoms with van der Waals surface area (Å²) in [6.07, 6.45) is -23.5. The molecule has 3 saturated heterocycles. The summed E-state index contributed by atoms with van der Waals surface area (Å²) in [6, 6.07) is 0. The van der Waals surface area contributed by atoms with Gasteiger partial charge in [0.1, 0.15) is 73.2 Å². The standard InChI is InChI=1S/C53H86O21/c1-10-22(2)45(68)74-43-42(65)53(21-55)25(18-48(43,3)4)24-11-12-30-50(7)15-13-23(49(5,6)29(50)14-16-51(30,8)52(24,9)40(63)41(53)64)17-27-37(72-47-35(61)33(59)32(58)28(19-54)71-47)38(36(62)39(70-27)44(66)67)73-46-34(60)31(57)26(56)20-69-46/h11,22-23,25-43,46-47,54-65H,10,12-21H2,1-9H3,(H,66,67). The summed E-state index contributed by atoms with van der Waals surface area (Å²) in [5.41, 5.74) is -4.13. The van der Waals surface area contributed by atoms with Crippen molar-refractivity contribution in [2.45, 2.75) is 224 Å². The summed E-state index contributed by atoms with van der Waals surface area (Å²) in [7, 11) is 0. The predicted octanol–water partition coefficient (Wildman–Crippen LogP) is -0.511. The van der Waals surface area contributed by atoms with Crippen LogP contribution in [0.2, 0.25) is 0 Å². The largest absolute Gasteiger partial charge is 0.479 e. The molecule has 8 rings (SSSR count). The van der Waals surface area contributed by atoms with E-state index in [2.05, 4.69) is 33.8 Å². The SMILES string of the molecule is CCC(C)C(=O)OC1C(O)C2(CO)C(CC1(C)C)C1=CCC3C4(C)CCC(CC5OC(C(=O)O)C(O)C(OC6OCC(O)C(O)C6O)C5OC5OC(CO)C(O)C(O)C5O)C(C)(C)C4CCC3(C)C1(C)C(O)C2O. The number of ether oxygens (including phenoxy) is 6. The third-order valence-corrected chi connectivity index (χ3v) is 21.3. The number of allylic oxidation sites excluding steroid dienone is 1. The second-order valence-electron chi connectivity index (χ2n) is 25.5. The number of carboxylic acids is 1. The third kappa shape index (κ3) is 8.76. The molecule has 0 aromatic heterocycles. The van der Waals surface area contributed by atoms with Gasteiger partial charge in [0.2, 0.25) is 0 Å². The minimum absolute atomic E-state index is 0.00368. The van der Waals surface area contributed by atoms with Gasteiger partial charge in [-0.2, -0.15) is 0 Å². The van der Waals surface area contributed by atoms with Crippen molar-refractivity contribution in [3.05, 3.63) is 11.6 Å². The first kappa shape index (κ1) is 58.2. The van der Waals surface area contributed by atoms with Crippen LogP contribution in [0.15, 0.2) is 11.6 Å². The number of aliphatic hydroxyl groups is 12. The fourth-order valence-corrected chi connectivity index (χ4v) is 16.4. The van der Waals surface area contributed by atoms with Crippen molar-refractivity contribution in [2.75, 3.05) is 19.8 Å². The summed E-state index contributed by atoms with van der Waals surface area (Å²) in [4.78, 5) is 26.1.